The third-order valence-electron chi connectivity index (χ3n) is 2.65. The molecule has 5 heteroatoms. The maximum Gasteiger partial charge on any atom is 0.254 e. The molecule has 80 valence electrons. The molecule has 0 radical (unpaired) electrons. The first-order valence-electron chi connectivity index (χ1n) is 4.85. The summed E-state index contributed by atoms with van der Waals surface area (Å²) in [5.41, 5.74) is 0.189. The van der Waals surface area contributed by atoms with Crippen molar-refractivity contribution in [2.75, 3.05) is 20.1 Å². The number of hydrogen-bond donors (Lipinski definition) is 2. The van der Waals surface area contributed by atoms with E-state index < -0.39 is 0 Å². The van der Waals surface area contributed by atoms with Gasteiger partial charge in [0.1, 0.15) is 0 Å². The number of rotatable bonds is 2. The lowest BCUT2D eigenvalue weighted by atomic mass is 10.1. The molecule has 1 aliphatic heterocycles. The molecule has 0 bridgehead atoms. The van der Waals surface area contributed by atoms with Gasteiger partial charge < -0.3 is 15.2 Å². The molecule has 0 unspecified atom stereocenters. The van der Waals surface area contributed by atoms with Crippen LogP contribution in [-0.4, -0.2) is 42.0 Å². The molecule has 1 aromatic rings. The summed E-state index contributed by atoms with van der Waals surface area (Å²) in [5, 5.41) is 3.10. The highest BCUT2D eigenvalue weighted by Crippen LogP contribution is 2.07. The number of carbonyl (C=O) groups is 1. The van der Waals surface area contributed by atoms with Crippen molar-refractivity contribution in [3.63, 3.8) is 0 Å². The Labute approximate surface area is 87.1 Å². The fourth-order valence-electron chi connectivity index (χ4n) is 1.49. The van der Waals surface area contributed by atoms with Crippen LogP contribution in [0.15, 0.2) is 23.1 Å². The van der Waals surface area contributed by atoms with Gasteiger partial charge in [-0.15, -0.1) is 0 Å². The lowest BCUT2D eigenvalue weighted by Gasteiger charge is -2.35. The van der Waals surface area contributed by atoms with Crippen molar-refractivity contribution in [2.24, 2.45) is 0 Å². The number of hydrogen-bond acceptors (Lipinski definition) is 3. The fourth-order valence-corrected chi connectivity index (χ4v) is 1.49. The highest BCUT2D eigenvalue weighted by molar-refractivity contribution is 5.94. The summed E-state index contributed by atoms with van der Waals surface area (Å²) in [7, 11) is 1.76. The summed E-state index contributed by atoms with van der Waals surface area (Å²) in [6.45, 7) is 1.65. The molecule has 1 saturated heterocycles. The summed E-state index contributed by atoms with van der Waals surface area (Å²) < 4.78 is 0. The van der Waals surface area contributed by atoms with Crippen molar-refractivity contribution in [1.82, 2.24) is 15.2 Å². The Bertz CT molecular complexity index is 423. The van der Waals surface area contributed by atoms with Gasteiger partial charge >= 0.3 is 0 Å². The van der Waals surface area contributed by atoms with Gasteiger partial charge in [0.15, 0.2) is 0 Å². The van der Waals surface area contributed by atoms with E-state index in [1.54, 1.807) is 18.0 Å². The van der Waals surface area contributed by atoms with E-state index in [1.807, 2.05) is 0 Å². The van der Waals surface area contributed by atoms with Gasteiger partial charge in [0.2, 0.25) is 5.56 Å². The van der Waals surface area contributed by atoms with Crippen LogP contribution in [0.25, 0.3) is 0 Å². The summed E-state index contributed by atoms with van der Waals surface area (Å²) in [4.78, 5) is 27.1. The van der Waals surface area contributed by atoms with Crippen LogP contribution in [0.2, 0.25) is 0 Å². The van der Waals surface area contributed by atoms with E-state index in [4.69, 9.17) is 0 Å². The van der Waals surface area contributed by atoms with Crippen LogP contribution in [-0.2, 0) is 0 Å². The largest absolute Gasteiger partial charge is 0.336 e. The Morgan fingerprint density at radius 3 is 2.80 bits per heavy atom. The average Bonchev–Trinajstić information content (AvgIpc) is 2.14. The van der Waals surface area contributed by atoms with E-state index in [-0.39, 0.29) is 17.5 Å². The zero-order valence-electron chi connectivity index (χ0n) is 8.49. The molecule has 1 aliphatic rings. The zero-order valence-corrected chi connectivity index (χ0v) is 8.49. The number of aromatic nitrogens is 1. The van der Waals surface area contributed by atoms with Gasteiger partial charge in [-0.05, 0) is 6.07 Å². The van der Waals surface area contributed by atoms with E-state index in [9.17, 15) is 9.59 Å². The number of likely N-dealkylation sites (N-methyl/N-ethyl adjacent to an activating group) is 1. The number of nitrogens with zero attached hydrogens (tertiary/aromatic N) is 1. The Kier molecular flexibility index (Phi) is 2.55. The van der Waals surface area contributed by atoms with Crippen LogP contribution in [0, 0.1) is 0 Å². The summed E-state index contributed by atoms with van der Waals surface area (Å²) >= 11 is 0. The van der Waals surface area contributed by atoms with E-state index in [0.29, 0.717) is 5.56 Å². The second kappa shape index (κ2) is 3.86. The third kappa shape index (κ3) is 1.92. The number of H-pyrrole nitrogens is 1. The number of aromatic amines is 1. The quantitative estimate of drug-likeness (QED) is 0.682. The van der Waals surface area contributed by atoms with Crippen molar-refractivity contribution in [3.05, 3.63) is 34.2 Å². The molecule has 0 aliphatic carbocycles. The van der Waals surface area contributed by atoms with Gasteiger partial charge in [-0.1, -0.05) is 0 Å². The van der Waals surface area contributed by atoms with Crippen molar-refractivity contribution in [2.45, 2.75) is 6.04 Å². The standard InChI is InChI=1S/C10H13N3O2/c1-13(8-5-11-6-8)10(15)7-2-3-12-9(14)4-7/h2-4,8,11H,5-6H2,1H3,(H,12,14). The second-order valence-corrected chi connectivity index (χ2v) is 3.67. The van der Waals surface area contributed by atoms with Crippen LogP contribution in [0.5, 0.6) is 0 Å². The highest BCUT2D eigenvalue weighted by atomic mass is 16.2. The first-order valence-corrected chi connectivity index (χ1v) is 4.85. The molecule has 2 rings (SSSR count). The van der Waals surface area contributed by atoms with Gasteiger partial charge in [0.05, 0.1) is 6.04 Å². The molecule has 0 atom stereocenters. The average molecular weight is 207 g/mol. The maximum absolute atomic E-state index is 11.9. The smallest absolute Gasteiger partial charge is 0.254 e. The molecule has 2 N–H and O–H groups in total. The fraction of sp³-hybridized carbons (Fsp3) is 0.400. The second-order valence-electron chi connectivity index (χ2n) is 3.67. The van der Waals surface area contributed by atoms with Crippen LogP contribution in [0.4, 0.5) is 0 Å². The molecule has 0 saturated carbocycles. The number of carbonyl (C=O) groups excluding carboxylic acids is 1. The SMILES string of the molecule is CN(C(=O)c1cc[nH]c(=O)c1)C1CNC1. The van der Waals surface area contributed by atoms with Crippen LogP contribution in [0.1, 0.15) is 10.4 Å². The van der Waals surface area contributed by atoms with Gasteiger partial charge in [-0.3, -0.25) is 9.59 Å². The molecule has 0 spiro atoms. The van der Waals surface area contributed by atoms with Crippen LogP contribution in [0.3, 0.4) is 0 Å². The van der Waals surface area contributed by atoms with Gasteiger partial charge in [0.25, 0.3) is 5.91 Å². The molecule has 1 aromatic heterocycles. The molecule has 1 amide bonds. The van der Waals surface area contributed by atoms with E-state index in [2.05, 4.69) is 10.3 Å². The minimum Gasteiger partial charge on any atom is -0.336 e. The Balaban J connectivity index is 2.16. The minimum absolute atomic E-state index is 0.104. The summed E-state index contributed by atoms with van der Waals surface area (Å²) in [6, 6.07) is 3.19. The van der Waals surface area contributed by atoms with E-state index >= 15 is 0 Å². The molecular weight excluding hydrogens is 194 g/mol. The molecule has 15 heavy (non-hydrogen) atoms. The summed E-state index contributed by atoms with van der Waals surface area (Å²) in [6.07, 6.45) is 1.49. The number of pyridine rings is 1. The number of amides is 1. The van der Waals surface area contributed by atoms with Crippen LogP contribution < -0.4 is 10.9 Å². The molecular formula is C10H13N3O2. The van der Waals surface area contributed by atoms with E-state index in [0.717, 1.165) is 13.1 Å². The van der Waals surface area contributed by atoms with Gasteiger partial charge in [-0.2, -0.15) is 0 Å². The molecule has 2 heterocycles. The first-order chi connectivity index (χ1) is 7.18. The summed E-state index contributed by atoms with van der Waals surface area (Å²) in [5.74, 6) is -0.104. The highest BCUT2D eigenvalue weighted by Gasteiger charge is 2.25. The molecule has 5 nitrogen and oxygen atoms in total. The van der Waals surface area contributed by atoms with Crippen molar-refractivity contribution in [3.8, 4) is 0 Å². The third-order valence-corrected chi connectivity index (χ3v) is 2.65. The zero-order chi connectivity index (χ0) is 10.8. The Hall–Kier alpha value is -1.62. The molecule has 0 aromatic carbocycles. The Morgan fingerprint density at radius 2 is 2.27 bits per heavy atom. The van der Waals surface area contributed by atoms with E-state index in [1.165, 1.54) is 12.3 Å². The topological polar surface area (TPSA) is 65.2 Å². The predicted octanol–water partition coefficient (Wildman–Crippen LogP) is -0.581. The minimum atomic E-state index is -0.249. The van der Waals surface area contributed by atoms with Crippen molar-refractivity contribution < 1.29 is 4.79 Å². The molecule has 1 fully saturated rings. The number of nitrogens with one attached hydrogen (secondary N) is 2. The lowest BCUT2D eigenvalue weighted by molar-refractivity contribution is 0.0681. The Morgan fingerprint density at radius 1 is 1.53 bits per heavy atom. The normalized spacial score (nSPS) is 15.8. The first kappa shape index (κ1) is 9.92. The van der Waals surface area contributed by atoms with Gasteiger partial charge in [0, 0.05) is 38.0 Å². The monoisotopic (exact) mass is 207 g/mol. The van der Waals surface area contributed by atoms with Crippen LogP contribution >= 0.6 is 0 Å². The lowest BCUT2D eigenvalue weighted by Crippen LogP contribution is -2.57. The predicted molar refractivity (Wildman–Crippen MR) is 55.8 cm³/mol. The van der Waals surface area contributed by atoms with Crippen molar-refractivity contribution >= 4 is 5.91 Å². The van der Waals surface area contributed by atoms with Gasteiger partial charge in [-0.25, -0.2) is 0 Å². The maximum atomic E-state index is 11.9. The van der Waals surface area contributed by atoms with Crippen molar-refractivity contribution in [1.29, 1.82) is 0 Å².